The molecule has 5 N–H and O–H groups in total. The lowest BCUT2D eigenvalue weighted by molar-refractivity contribution is -0.306. The summed E-state index contributed by atoms with van der Waals surface area (Å²) >= 11 is 0. The lowest BCUT2D eigenvalue weighted by Crippen LogP contribution is -2.58. The number of rotatable bonds is 7. The molecule has 0 spiro atoms. The Kier molecular flexibility index (Phi) is 8.95. The van der Waals surface area contributed by atoms with Gasteiger partial charge in [0.15, 0.2) is 6.29 Å². The third-order valence-corrected chi connectivity index (χ3v) is 12.7. The van der Waals surface area contributed by atoms with Crippen LogP contribution < -0.4 is 0 Å². The number of aliphatic hydroxyl groups excluding tert-OH is 5. The van der Waals surface area contributed by atoms with E-state index in [1.54, 1.807) is 6.92 Å². The number of hydrogen-bond donors (Lipinski definition) is 5. The van der Waals surface area contributed by atoms with Gasteiger partial charge in [-0.3, -0.25) is 0 Å². The molecule has 5 aliphatic rings. The molecule has 3 unspecified atom stereocenters. The number of aliphatic hydroxyl groups is 5. The highest BCUT2D eigenvalue weighted by Gasteiger charge is 2.63. The first-order chi connectivity index (χ1) is 19.2. The van der Waals surface area contributed by atoms with Gasteiger partial charge in [-0.1, -0.05) is 58.4 Å². The predicted molar refractivity (Wildman–Crippen MR) is 158 cm³/mol. The molecule has 1 aliphatic heterocycles. The smallest absolute Gasteiger partial charge is 0.186 e. The molecule has 1 saturated heterocycles. The van der Waals surface area contributed by atoms with Crippen LogP contribution >= 0.6 is 0 Å². The van der Waals surface area contributed by atoms with Crippen molar-refractivity contribution in [3.05, 3.63) is 23.8 Å². The summed E-state index contributed by atoms with van der Waals surface area (Å²) in [5.41, 5.74) is 2.49. The summed E-state index contributed by atoms with van der Waals surface area (Å²) < 4.78 is 11.9. The zero-order valence-corrected chi connectivity index (χ0v) is 26.1. The fourth-order valence-electron chi connectivity index (χ4n) is 10.0. The van der Waals surface area contributed by atoms with E-state index < -0.39 is 36.8 Å². The maximum atomic E-state index is 11.7. The quantitative estimate of drug-likeness (QED) is 0.286. The van der Waals surface area contributed by atoms with Crippen LogP contribution in [0.1, 0.15) is 92.9 Å². The van der Waals surface area contributed by atoms with E-state index in [0.29, 0.717) is 24.2 Å². The Morgan fingerprint density at radius 2 is 1.73 bits per heavy atom. The first-order valence-electron chi connectivity index (χ1n) is 16.3. The zero-order chi connectivity index (χ0) is 30.0. The third kappa shape index (κ3) is 5.40. The van der Waals surface area contributed by atoms with Crippen LogP contribution in [0.3, 0.4) is 0 Å². The van der Waals surface area contributed by atoms with E-state index in [9.17, 15) is 25.5 Å². The topological polar surface area (TPSA) is 120 Å². The van der Waals surface area contributed by atoms with Crippen molar-refractivity contribution in [2.24, 2.45) is 46.3 Å². The lowest BCUT2D eigenvalue weighted by atomic mass is 9.46. The fourth-order valence-corrected chi connectivity index (χ4v) is 10.0. The van der Waals surface area contributed by atoms with Crippen LogP contribution in [0.15, 0.2) is 23.8 Å². The summed E-state index contributed by atoms with van der Waals surface area (Å²) in [6.45, 7) is 17.4. The molecule has 41 heavy (non-hydrogen) atoms. The first-order valence-corrected chi connectivity index (χ1v) is 16.3. The van der Waals surface area contributed by atoms with Crippen LogP contribution in [0.2, 0.25) is 0 Å². The van der Waals surface area contributed by atoms with Gasteiger partial charge in [-0.15, -0.1) is 0 Å². The van der Waals surface area contributed by atoms with Crippen LogP contribution in [0, 0.1) is 46.3 Å². The zero-order valence-electron chi connectivity index (χ0n) is 26.1. The Morgan fingerprint density at radius 1 is 1.02 bits per heavy atom. The molecule has 0 aromatic rings. The van der Waals surface area contributed by atoms with Gasteiger partial charge in [0.05, 0.1) is 24.4 Å². The van der Waals surface area contributed by atoms with E-state index >= 15 is 0 Å². The average molecular weight is 577 g/mol. The van der Waals surface area contributed by atoms with Gasteiger partial charge >= 0.3 is 0 Å². The van der Waals surface area contributed by atoms with Crippen molar-refractivity contribution in [1.29, 1.82) is 0 Å². The van der Waals surface area contributed by atoms with Crippen molar-refractivity contribution in [2.75, 3.05) is 0 Å². The monoisotopic (exact) mass is 576 g/mol. The van der Waals surface area contributed by atoms with Crippen molar-refractivity contribution in [1.82, 2.24) is 0 Å². The van der Waals surface area contributed by atoms with Crippen LogP contribution in [-0.4, -0.2) is 74.6 Å². The summed E-state index contributed by atoms with van der Waals surface area (Å²) in [5, 5.41) is 53.9. The molecular formula is C34H56O7. The molecule has 7 heteroatoms. The van der Waals surface area contributed by atoms with Gasteiger partial charge in [-0.2, -0.15) is 0 Å². The molecule has 0 amide bonds. The van der Waals surface area contributed by atoms with Gasteiger partial charge in [-0.25, -0.2) is 0 Å². The highest BCUT2D eigenvalue weighted by Crippen LogP contribution is 2.67. The summed E-state index contributed by atoms with van der Waals surface area (Å²) in [5.74, 6) is 1.90. The summed E-state index contributed by atoms with van der Waals surface area (Å²) in [6, 6.07) is 0. The molecule has 1 heterocycles. The summed E-state index contributed by atoms with van der Waals surface area (Å²) in [7, 11) is 0. The molecule has 0 aromatic heterocycles. The number of ether oxygens (including phenoxy) is 2. The molecule has 4 fully saturated rings. The number of hydrogen-bond acceptors (Lipinski definition) is 7. The minimum atomic E-state index is -1.31. The van der Waals surface area contributed by atoms with E-state index in [0.717, 1.165) is 44.9 Å². The first kappa shape index (κ1) is 31.6. The third-order valence-electron chi connectivity index (χ3n) is 12.7. The van der Waals surface area contributed by atoms with Crippen molar-refractivity contribution < 1.29 is 35.0 Å². The lowest BCUT2D eigenvalue weighted by Gasteiger charge is -2.59. The van der Waals surface area contributed by atoms with Crippen molar-refractivity contribution in [3.63, 3.8) is 0 Å². The molecule has 7 nitrogen and oxygen atoms in total. The van der Waals surface area contributed by atoms with E-state index in [1.165, 1.54) is 11.1 Å². The Bertz CT molecular complexity index is 996. The molecular weight excluding hydrogens is 520 g/mol. The molecule has 4 aliphatic carbocycles. The molecule has 15 atom stereocenters. The SMILES string of the molecule is C=C(CC[C@@H](C)[C@H]1[C@@H](O)CC2C3C(CC[C@@]21C)[C@@]1(C)CC[C@H](O[C@@H]2O[C@@H](C)[C@@H](O)[C@@H](O)[C@@H]2O)CC1=C[C@H]3O)C(C)C. The minimum Gasteiger partial charge on any atom is -0.393 e. The second kappa shape index (κ2) is 11.6. The minimum absolute atomic E-state index is 0.0126. The number of fused-ring (bicyclic) bond motifs is 5. The summed E-state index contributed by atoms with van der Waals surface area (Å²) in [4.78, 5) is 0. The summed E-state index contributed by atoms with van der Waals surface area (Å²) in [6.07, 6.45) is 2.92. The maximum absolute atomic E-state index is 11.7. The van der Waals surface area contributed by atoms with E-state index in [1.807, 2.05) is 0 Å². The van der Waals surface area contributed by atoms with Gasteiger partial charge < -0.3 is 35.0 Å². The Morgan fingerprint density at radius 3 is 2.41 bits per heavy atom. The molecule has 0 radical (unpaired) electrons. The fraction of sp³-hybridized carbons (Fsp3) is 0.882. The van der Waals surface area contributed by atoms with Crippen LogP contribution in [-0.2, 0) is 9.47 Å². The molecule has 234 valence electrons. The van der Waals surface area contributed by atoms with Crippen LogP contribution in [0.4, 0.5) is 0 Å². The highest BCUT2D eigenvalue weighted by molar-refractivity contribution is 5.28. The molecule has 0 aromatic carbocycles. The maximum Gasteiger partial charge on any atom is 0.186 e. The largest absolute Gasteiger partial charge is 0.393 e. The van der Waals surface area contributed by atoms with Crippen molar-refractivity contribution in [3.8, 4) is 0 Å². The van der Waals surface area contributed by atoms with Crippen LogP contribution in [0.5, 0.6) is 0 Å². The van der Waals surface area contributed by atoms with Gasteiger partial charge in [0.25, 0.3) is 0 Å². The van der Waals surface area contributed by atoms with Gasteiger partial charge in [0.1, 0.15) is 18.3 Å². The molecule has 3 saturated carbocycles. The van der Waals surface area contributed by atoms with Gasteiger partial charge in [-0.05, 0) is 105 Å². The second-order valence-electron chi connectivity index (χ2n) is 15.3. The normalized spacial score (nSPS) is 50.5. The number of allylic oxidation sites excluding steroid dienone is 1. The van der Waals surface area contributed by atoms with Crippen molar-refractivity contribution >= 4 is 0 Å². The van der Waals surface area contributed by atoms with E-state index in [2.05, 4.69) is 47.3 Å². The Balaban J connectivity index is 1.30. The van der Waals surface area contributed by atoms with Gasteiger partial charge in [0, 0.05) is 0 Å². The van der Waals surface area contributed by atoms with Crippen molar-refractivity contribution in [2.45, 2.75) is 142 Å². The average Bonchev–Trinajstić information content (AvgIpc) is 3.19. The Labute approximate surface area is 247 Å². The molecule has 5 rings (SSSR count). The van der Waals surface area contributed by atoms with E-state index in [4.69, 9.17) is 9.47 Å². The predicted octanol–water partition coefficient (Wildman–Crippen LogP) is 4.35. The Hall–Kier alpha value is -0.800. The van der Waals surface area contributed by atoms with Gasteiger partial charge in [0.2, 0.25) is 0 Å². The van der Waals surface area contributed by atoms with Crippen LogP contribution in [0.25, 0.3) is 0 Å². The second-order valence-corrected chi connectivity index (χ2v) is 15.3. The molecule has 0 bridgehead atoms. The highest BCUT2D eigenvalue weighted by atomic mass is 16.7. The standard InChI is InChI=1S/C34H56O7/c1-17(2)18(3)8-9-19(4)28-26(36)16-24-27-23(11-13-34(24,28)7)33(6)12-10-22(14-21(33)15-25(27)35)41-32-31(39)30(38)29(37)20(5)40-32/h15,17,19-20,22-32,35-39H,3,8-14,16H2,1-2,4-7H3/t19-,20+,22+,23?,24?,25-,26+,27?,28+,29-,30-,31+,32+,33+,34+/m1/s1. The van der Waals surface area contributed by atoms with E-state index in [-0.39, 0.29) is 40.8 Å².